The van der Waals surface area contributed by atoms with Crippen molar-refractivity contribution in [3.63, 3.8) is 0 Å². The van der Waals surface area contributed by atoms with E-state index >= 15 is 0 Å². The van der Waals surface area contributed by atoms with Crippen LogP contribution in [0.15, 0.2) is 22.7 Å². The van der Waals surface area contributed by atoms with Crippen LogP contribution in [0.4, 0.5) is 4.39 Å². The highest BCUT2D eigenvalue weighted by molar-refractivity contribution is 9.10. The van der Waals surface area contributed by atoms with Gasteiger partial charge in [0.25, 0.3) is 0 Å². The average Bonchev–Trinajstić information content (AvgIpc) is 2.59. The summed E-state index contributed by atoms with van der Waals surface area (Å²) in [5, 5.41) is 0. The first-order chi connectivity index (χ1) is 6.04. The van der Waals surface area contributed by atoms with Crippen LogP contribution in [-0.2, 0) is 5.54 Å². The highest BCUT2D eigenvalue weighted by Gasteiger charge is 2.49. The molecule has 1 aliphatic rings. The van der Waals surface area contributed by atoms with Crippen LogP contribution >= 0.6 is 15.9 Å². The molecule has 1 aliphatic carbocycles. The lowest BCUT2D eigenvalue weighted by Crippen LogP contribution is -2.22. The van der Waals surface area contributed by atoms with E-state index in [1.54, 1.807) is 6.07 Å². The van der Waals surface area contributed by atoms with E-state index in [-0.39, 0.29) is 11.4 Å². The third kappa shape index (κ3) is 1.40. The zero-order valence-corrected chi connectivity index (χ0v) is 8.94. The van der Waals surface area contributed by atoms with Gasteiger partial charge in [0.05, 0.1) is 0 Å². The summed E-state index contributed by atoms with van der Waals surface area (Å²) in [6.07, 6.45) is 0.983. The summed E-state index contributed by atoms with van der Waals surface area (Å²) in [6, 6.07) is 4.69. The van der Waals surface area contributed by atoms with Gasteiger partial charge in [0.1, 0.15) is 5.82 Å². The number of benzene rings is 1. The first kappa shape index (κ1) is 9.16. The Kier molecular flexibility index (Phi) is 1.96. The normalized spacial score (nSPS) is 31.8. The second kappa shape index (κ2) is 2.79. The molecule has 0 aliphatic heterocycles. The van der Waals surface area contributed by atoms with E-state index in [0.29, 0.717) is 5.92 Å². The van der Waals surface area contributed by atoms with Gasteiger partial charge >= 0.3 is 0 Å². The van der Waals surface area contributed by atoms with Crippen molar-refractivity contribution in [2.45, 2.75) is 18.9 Å². The summed E-state index contributed by atoms with van der Waals surface area (Å²) in [5.41, 5.74) is 6.90. The minimum absolute atomic E-state index is 0.229. The number of halogens is 2. The van der Waals surface area contributed by atoms with Crippen LogP contribution in [0, 0.1) is 11.7 Å². The fourth-order valence-corrected chi connectivity index (χ4v) is 2.41. The maximum Gasteiger partial charge on any atom is 0.124 e. The van der Waals surface area contributed by atoms with E-state index < -0.39 is 0 Å². The zero-order chi connectivity index (χ0) is 9.64. The molecule has 0 heterocycles. The molecular formula is C10H11BrFN. The van der Waals surface area contributed by atoms with E-state index in [0.717, 1.165) is 16.5 Å². The quantitative estimate of drug-likeness (QED) is 0.807. The molecule has 0 spiro atoms. The summed E-state index contributed by atoms with van der Waals surface area (Å²) in [6.45, 7) is 2.11. The molecule has 1 fully saturated rings. The van der Waals surface area contributed by atoms with Gasteiger partial charge in [-0.2, -0.15) is 0 Å². The summed E-state index contributed by atoms with van der Waals surface area (Å²) < 4.78 is 13.6. The second-order valence-corrected chi connectivity index (χ2v) is 4.62. The van der Waals surface area contributed by atoms with Crippen molar-refractivity contribution in [1.29, 1.82) is 0 Å². The summed E-state index contributed by atoms with van der Waals surface area (Å²) in [5.74, 6) is 0.266. The molecule has 1 nitrogen and oxygen atoms in total. The molecule has 2 N–H and O–H groups in total. The summed E-state index contributed by atoms with van der Waals surface area (Å²) in [7, 11) is 0. The Hall–Kier alpha value is -0.410. The zero-order valence-electron chi connectivity index (χ0n) is 7.35. The fraction of sp³-hybridized carbons (Fsp3) is 0.400. The van der Waals surface area contributed by atoms with Crippen molar-refractivity contribution in [2.75, 3.05) is 0 Å². The Morgan fingerprint density at radius 2 is 2.23 bits per heavy atom. The molecule has 3 heteroatoms. The van der Waals surface area contributed by atoms with Crippen LogP contribution in [0.5, 0.6) is 0 Å². The molecule has 13 heavy (non-hydrogen) atoms. The lowest BCUT2D eigenvalue weighted by atomic mass is 10.0. The third-order valence-electron chi connectivity index (χ3n) is 2.80. The number of rotatable bonds is 1. The Labute approximate surface area is 85.3 Å². The molecule has 1 aromatic carbocycles. The number of hydrogen-bond acceptors (Lipinski definition) is 1. The first-order valence-corrected chi connectivity index (χ1v) is 5.08. The van der Waals surface area contributed by atoms with Gasteiger partial charge in [-0.3, -0.25) is 0 Å². The Morgan fingerprint density at radius 1 is 1.62 bits per heavy atom. The van der Waals surface area contributed by atoms with Crippen molar-refractivity contribution < 1.29 is 4.39 Å². The van der Waals surface area contributed by atoms with E-state index in [2.05, 4.69) is 22.9 Å². The molecule has 1 saturated carbocycles. The van der Waals surface area contributed by atoms with Gasteiger partial charge in [0.15, 0.2) is 0 Å². The minimum Gasteiger partial charge on any atom is -0.321 e. The highest BCUT2D eigenvalue weighted by Crippen LogP contribution is 2.51. The molecule has 0 aromatic heterocycles. The maximum atomic E-state index is 12.8. The first-order valence-electron chi connectivity index (χ1n) is 4.28. The maximum absolute atomic E-state index is 12.8. The van der Waals surface area contributed by atoms with Crippen LogP contribution in [0.3, 0.4) is 0 Å². The summed E-state index contributed by atoms with van der Waals surface area (Å²) >= 11 is 3.33. The molecule has 70 valence electrons. The predicted molar refractivity (Wildman–Crippen MR) is 53.7 cm³/mol. The SMILES string of the molecule is CC1CC1(N)c1ccc(F)cc1Br. The highest BCUT2D eigenvalue weighted by atomic mass is 79.9. The average molecular weight is 244 g/mol. The molecule has 2 rings (SSSR count). The topological polar surface area (TPSA) is 26.0 Å². The van der Waals surface area contributed by atoms with E-state index in [1.807, 2.05) is 0 Å². The van der Waals surface area contributed by atoms with Crippen molar-refractivity contribution in [3.05, 3.63) is 34.1 Å². The van der Waals surface area contributed by atoms with Gasteiger partial charge in [-0.15, -0.1) is 0 Å². The predicted octanol–water partition coefficient (Wildman–Crippen LogP) is 2.78. The largest absolute Gasteiger partial charge is 0.321 e. The van der Waals surface area contributed by atoms with Crippen molar-refractivity contribution >= 4 is 15.9 Å². The lowest BCUT2D eigenvalue weighted by Gasteiger charge is -2.12. The summed E-state index contributed by atoms with van der Waals surface area (Å²) in [4.78, 5) is 0. The van der Waals surface area contributed by atoms with Crippen LogP contribution < -0.4 is 5.73 Å². The third-order valence-corrected chi connectivity index (χ3v) is 3.45. The van der Waals surface area contributed by atoms with Crippen molar-refractivity contribution in [1.82, 2.24) is 0 Å². The van der Waals surface area contributed by atoms with E-state index in [9.17, 15) is 4.39 Å². The molecule has 0 amide bonds. The Balaban J connectivity index is 2.42. The Bertz CT molecular complexity index is 353. The van der Waals surface area contributed by atoms with Crippen LogP contribution in [0.1, 0.15) is 18.9 Å². The smallest absolute Gasteiger partial charge is 0.124 e. The van der Waals surface area contributed by atoms with Crippen LogP contribution in [-0.4, -0.2) is 0 Å². The van der Waals surface area contributed by atoms with Gasteiger partial charge in [0.2, 0.25) is 0 Å². The van der Waals surface area contributed by atoms with Crippen LogP contribution in [0.25, 0.3) is 0 Å². The number of nitrogens with two attached hydrogens (primary N) is 1. The second-order valence-electron chi connectivity index (χ2n) is 3.77. The Morgan fingerprint density at radius 3 is 2.69 bits per heavy atom. The molecule has 1 aromatic rings. The number of hydrogen-bond donors (Lipinski definition) is 1. The molecule has 0 bridgehead atoms. The van der Waals surface area contributed by atoms with E-state index in [4.69, 9.17) is 5.73 Å². The van der Waals surface area contributed by atoms with Gasteiger partial charge in [0, 0.05) is 10.0 Å². The van der Waals surface area contributed by atoms with Crippen molar-refractivity contribution in [3.8, 4) is 0 Å². The molecular weight excluding hydrogens is 233 g/mol. The van der Waals surface area contributed by atoms with Gasteiger partial charge in [-0.25, -0.2) is 4.39 Å². The molecule has 0 saturated heterocycles. The van der Waals surface area contributed by atoms with Crippen LogP contribution in [0.2, 0.25) is 0 Å². The van der Waals surface area contributed by atoms with Crippen molar-refractivity contribution in [2.24, 2.45) is 11.7 Å². The molecule has 2 unspecified atom stereocenters. The lowest BCUT2D eigenvalue weighted by molar-refractivity contribution is 0.617. The standard InChI is InChI=1S/C10H11BrFN/c1-6-5-10(6,13)8-3-2-7(12)4-9(8)11/h2-4,6H,5,13H2,1H3. The molecule has 0 radical (unpaired) electrons. The van der Waals surface area contributed by atoms with Gasteiger partial charge < -0.3 is 5.73 Å². The molecule has 2 atom stereocenters. The monoisotopic (exact) mass is 243 g/mol. The van der Waals surface area contributed by atoms with Gasteiger partial charge in [-0.05, 0) is 30.0 Å². The van der Waals surface area contributed by atoms with Gasteiger partial charge in [-0.1, -0.05) is 28.9 Å². The minimum atomic E-state index is -0.230. The fourth-order valence-electron chi connectivity index (χ4n) is 1.69. The van der Waals surface area contributed by atoms with E-state index in [1.165, 1.54) is 12.1 Å².